The van der Waals surface area contributed by atoms with Crippen LogP contribution in [-0.2, 0) is 23.9 Å². The Balaban J connectivity index is 1.81. The minimum Gasteiger partial charge on any atom is -0.463 e. The number of likely N-dealkylation sites (tertiary alicyclic amines) is 2. The van der Waals surface area contributed by atoms with E-state index in [2.05, 4.69) is 4.90 Å². The van der Waals surface area contributed by atoms with E-state index in [1.54, 1.807) is 6.92 Å². The molecular formula is C18H24N2O5S4. The summed E-state index contributed by atoms with van der Waals surface area (Å²) in [6.07, 6.45) is 4.19. The molecule has 3 saturated heterocycles. The van der Waals surface area contributed by atoms with Gasteiger partial charge in [-0.25, -0.2) is 9.59 Å². The molecule has 2 atom stereocenters. The summed E-state index contributed by atoms with van der Waals surface area (Å²) in [7, 11) is 0. The molecule has 0 aromatic rings. The zero-order valence-corrected chi connectivity index (χ0v) is 19.5. The van der Waals surface area contributed by atoms with Gasteiger partial charge in [0, 0.05) is 26.2 Å². The van der Waals surface area contributed by atoms with Crippen molar-refractivity contribution in [3.63, 3.8) is 0 Å². The second kappa shape index (κ2) is 9.93. The van der Waals surface area contributed by atoms with Crippen molar-refractivity contribution in [2.24, 2.45) is 0 Å². The van der Waals surface area contributed by atoms with Gasteiger partial charge < -0.3 is 19.3 Å². The van der Waals surface area contributed by atoms with Crippen molar-refractivity contribution in [2.75, 3.05) is 38.5 Å². The first kappa shape index (κ1) is 22.8. The third-order valence-electron chi connectivity index (χ3n) is 5.12. The highest BCUT2D eigenvalue weighted by Gasteiger charge is 2.62. The SMILES string of the molecule is CCOC(=O)C1(CSC(=S)N2CCCC2)OC(=O)C(=O)C1SC(=S)N1CCCC1. The van der Waals surface area contributed by atoms with Crippen LogP contribution in [-0.4, -0.2) is 85.6 Å². The van der Waals surface area contributed by atoms with Crippen LogP contribution in [0.2, 0.25) is 0 Å². The normalized spacial score (nSPS) is 26.7. The van der Waals surface area contributed by atoms with Gasteiger partial charge in [-0.15, -0.1) is 0 Å². The molecule has 0 aliphatic carbocycles. The third-order valence-corrected chi connectivity index (χ3v) is 8.64. The molecule has 3 heterocycles. The Morgan fingerprint density at radius 3 is 2.21 bits per heavy atom. The predicted molar refractivity (Wildman–Crippen MR) is 121 cm³/mol. The quantitative estimate of drug-likeness (QED) is 0.332. The fourth-order valence-electron chi connectivity index (χ4n) is 3.54. The smallest absolute Gasteiger partial charge is 0.377 e. The van der Waals surface area contributed by atoms with Gasteiger partial charge >= 0.3 is 11.9 Å². The van der Waals surface area contributed by atoms with Crippen molar-refractivity contribution in [2.45, 2.75) is 43.5 Å². The lowest BCUT2D eigenvalue weighted by molar-refractivity contribution is -0.171. The molecule has 3 rings (SSSR count). The summed E-state index contributed by atoms with van der Waals surface area (Å²) in [5, 5.41) is -1.07. The fourth-order valence-corrected chi connectivity index (χ4v) is 6.67. The van der Waals surface area contributed by atoms with Gasteiger partial charge in [0.1, 0.15) is 13.9 Å². The summed E-state index contributed by atoms with van der Waals surface area (Å²) in [5.41, 5.74) is -1.73. The molecule has 3 fully saturated rings. The van der Waals surface area contributed by atoms with E-state index in [-0.39, 0.29) is 12.4 Å². The average molecular weight is 477 g/mol. The molecule has 0 spiro atoms. The maximum atomic E-state index is 12.9. The number of esters is 2. The van der Waals surface area contributed by atoms with E-state index in [1.807, 2.05) is 4.90 Å². The van der Waals surface area contributed by atoms with Gasteiger partial charge in [0.2, 0.25) is 5.60 Å². The lowest BCUT2D eigenvalue weighted by atomic mass is 10.0. The first-order valence-corrected chi connectivity index (χ1v) is 12.4. The van der Waals surface area contributed by atoms with Crippen LogP contribution < -0.4 is 0 Å². The van der Waals surface area contributed by atoms with E-state index >= 15 is 0 Å². The molecule has 2 unspecified atom stereocenters. The number of ether oxygens (including phenoxy) is 2. The zero-order valence-electron chi connectivity index (χ0n) is 16.2. The summed E-state index contributed by atoms with van der Waals surface area (Å²) in [6, 6.07) is 0. The Labute approximate surface area is 189 Å². The molecule has 0 aromatic heterocycles. The second-order valence-corrected chi connectivity index (χ2v) is 10.4. The summed E-state index contributed by atoms with van der Waals surface area (Å²) >= 11 is 13.3. The topological polar surface area (TPSA) is 76.1 Å². The largest absolute Gasteiger partial charge is 0.463 e. The average Bonchev–Trinajstić information content (AvgIpc) is 3.45. The first-order valence-electron chi connectivity index (χ1n) is 9.70. The van der Waals surface area contributed by atoms with Gasteiger partial charge in [0.05, 0.1) is 12.4 Å². The Bertz CT molecular complexity index is 706. The van der Waals surface area contributed by atoms with Gasteiger partial charge in [0.15, 0.2) is 0 Å². The van der Waals surface area contributed by atoms with E-state index < -0.39 is 28.6 Å². The maximum Gasteiger partial charge on any atom is 0.377 e. The van der Waals surface area contributed by atoms with Gasteiger partial charge in [-0.2, -0.15) is 0 Å². The number of Topliss-reactive ketones (excluding diaryl/α,β-unsaturated/α-hetero) is 1. The van der Waals surface area contributed by atoms with Crippen LogP contribution in [0, 0.1) is 0 Å². The number of cyclic esters (lactones) is 1. The highest BCUT2D eigenvalue weighted by atomic mass is 32.2. The van der Waals surface area contributed by atoms with Crippen LogP contribution in [0.1, 0.15) is 32.6 Å². The fraction of sp³-hybridized carbons (Fsp3) is 0.722. The number of carbonyl (C=O) groups excluding carboxylic acids is 3. The number of carbonyl (C=O) groups is 3. The van der Waals surface area contributed by atoms with Gasteiger partial charge in [-0.05, 0) is 32.6 Å². The van der Waals surface area contributed by atoms with Crippen molar-refractivity contribution in [1.29, 1.82) is 0 Å². The van der Waals surface area contributed by atoms with Gasteiger partial charge in [-0.3, -0.25) is 4.79 Å². The molecular weight excluding hydrogens is 452 g/mol. The van der Waals surface area contributed by atoms with E-state index in [0.717, 1.165) is 63.6 Å². The molecule has 7 nitrogen and oxygen atoms in total. The van der Waals surface area contributed by atoms with Crippen molar-refractivity contribution in [3.8, 4) is 0 Å². The van der Waals surface area contributed by atoms with Crippen LogP contribution in [0.25, 0.3) is 0 Å². The Kier molecular flexibility index (Phi) is 7.80. The van der Waals surface area contributed by atoms with E-state index in [4.69, 9.17) is 33.9 Å². The first-order chi connectivity index (χ1) is 13.9. The monoisotopic (exact) mass is 476 g/mol. The Morgan fingerprint density at radius 2 is 1.66 bits per heavy atom. The lowest BCUT2D eigenvalue weighted by Gasteiger charge is -2.31. The predicted octanol–water partition coefficient (Wildman–Crippen LogP) is 2.01. The molecule has 29 heavy (non-hydrogen) atoms. The van der Waals surface area contributed by atoms with Gasteiger partial charge in [0.25, 0.3) is 5.78 Å². The minimum absolute atomic E-state index is 0.0267. The summed E-state index contributed by atoms with van der Waals surface area (Å²) in [6.45, 7) is 5.14. The van der Waals surface area contributed by atoms with E-state index in [0.29, 0.717) is 8.64 Å². The third kappa shape index (κ3) is 4.88. The second-order valence-electron chi connectivity index (χ2n) is 7.07. The number of thiocarbonyl (C=S) groups is 2. The lowest BCUT2D eigenvalue weighted by Crippen LogP contribution is -2.52. The van der Waals surface area contributed by atoms with E-state index in [9.17, 15) is 14.4 Å². The minimum atomic E-state index is -1.73. The molecule has 0 saturated carbocycles. The van der Waals surface area contributed by atoms with Crippen molar-refractivity contribution >= 4 is 74.3 Å². The molecule has 3 aliphatic rings. The number of nitrogens with zero attached hydrogens (tertiary/aromatic N) is 2. The van der Waals surface area contributed by atoms with Crippen LogP contribution in [0.15, 0.2) is 0 Å². The van der Waals surface area contributed by atoms with Crippen LogP contribution >= 0.6 is 48.0 Å². The maximum absolute atomic E-state index is 12.9. The van der Waals surface area contributed by atoms with Crippen LogP contribution in [0.5, 0.6) is 0 Å². The molecule has 0 bridgehead atoms. The standard InChI is InChI=1S/C18H24N2O5S4/c1-2-24-15(23)18(11-28-16(26)19-7-3-4-8-19)13(12(21)14(22)25-18)29-17(27)20-9-5-6-10-20/h13H,2-11H2,1H3. The molecule has 0 radical (unpaired) electrons. The summed E-state index contributed by atoms with van der Waals surface area (Å²) < 4.78 is 11.7. The van der Waals surface area contributed by atoms with Gasteiger partial charge in [-0.1, -0.05) is 48.0 Å². The van der Waals surface area contributed by atoms with Crippen molar-refractivity contribution < 1.29 is 23.9 Å². The van der Waals surface area contributed by atoms with E-state index in [1.165, 1.54) is 11.8 Å². The summed E-state index contributed by atoms with van der Waals surface area (Å²) in [5.74, 6) is -2.47. The number of ketones is 1. The molecule has 3 aliphatic heterocycles. The molecule has 0 N–H and O–H groups in total. The number of thioether (sulfide) groups is 2. The zero-order chi connectivity index (χ0) is 21.0. The molecule has 11 heteroatoms. The van der Waals surface area contributed by atoms with Crippen molar-refractivity contribution in [1.82, 2.24) is 9.80 Å². The van der Waals surface area contributed by atoms with Crippen molar-refractivity contribution in [3.05, 3.63) is 0 Å². The highest BCUT2D eigenvalue weighted by Crippen LogP contribution is 2.40. The Hall–Kier alpha value is -0.910. The molecule has 0 aromatic carbocycles. The molecule has 0 amide bonds. The summed E-state index contributed by atoms with van der Waals surface area (Å²) in [4.78, 5) is 41.8. The van der Waals surface area contributed by atoms with Crippen LogP contribution in [0.3, 0.4) is 0 Å². The Morgan fingerprint density at radius 1 is 1.10 bits per heavy atom. The number of hydrogen-bond donors (Lipinski definition) is 0. The number of hydrogen-bond acceptors (Lipinski definition) is 9. The van der Waals surface area contributed by atoms with Crippen LogP contribution in [0.4, 0.5) is 0 Å². The number of rotatable bonds is 5. The molecule has 160 valence electrons. The highest BCUT2D eigenvalue weighted by molar-refractivity contribution is 8.24.